The van der Waals surface area contributed by atoms with E-state index in [0.29, 0.717) is 13.2 Å². The predicted octanol–water partition coefficient (Wildman–Crippen LogP) is 1.63. The first-order chi connectivity index (χ1) is 9.25. The molecule has 0 radical (unpaired) electrons. The molecule has 5 heteroatoms. The van der Waals surface area contributed by atoms with E-state index in [4.69, 9.17) is 4.74 Å². The van der Waals surface area contributed by atoms with Gasteiger partial charge in [-0.05, 0) is 12.5 Å². The van der Waals surface area contributed by atoms with Crippen molar-refractivity contribution in [3.63, 3.8) is 0 Å². The molecule has 0 aliphatic carbocycles. The second-order valence-corrected chi connectivity index (χ2v) is 4.19. The summed E-state index contributed by atoms with van der Waals surface area (Å²) in [5.74, 6) is 0.580. The fourth-order valence-electron chi connectivity index (χ4n) is 1.58. The van der Waals surface area contributed by atoms with Gasteiger partial charge in [0.1, 0.15) is 11.9 Å². The summed E-state index contributed by atoms with van der Waals surface area (Å²) >= 11 is 0. The highest BCUT2D eigenvalue weighted by Crippen LogP contribution is 2.03. The van der Waals surface area contributed by atoms with Crippen molar-refractivity contribution in [3.05, 3.63) is 54.1 Å². The average Bonchev–Trinajstić information content (AvgIpc) is 2.96. The first-order valence-corrected chi connectivity index (χ1v) is 6.17. The van der Waals surface area contributed by atoms with Crippen LogP contribution < -0.4 is 5.32 Å². The molecule has 2 rings (SSSR count). The van der Waals surface area contributed by atoms with Crippen LogP contribution in [0, 0.1) is 0 Å². The van der Waals surface area contributed by atoms with E-state index in [1.807, 2.05) is 30.3 Å². The maximum absolute atomic E-state index is 11.8. The lowest BCUT2D eigenvalue weighted by molar-refractivity contribution is -0.132. The molecule has 1 aromatic carbocycles. The average molecular weight is 259 g/mol. The Labute approximate surface area is 112 Å². The highest BCUT2D eigenvalue weighted by molar-refractivity contribution is 5.80. The largest absolute Gasteiger partial charge is 0.364 e. The Morgan fingerprint density at radius 2 is 2.21 bits per heavy atom. The van der Waals surface area contributed by atoms with Crippen LogP contribution in [0.1, 0.15) is 18.3 Å². The summed E-state index contributed by atoms with van der Waals surface area (Å²) in [4.78, 5) is 18.7. The van der Waals surface area contributed by atoms with E-state index in [1.165, 1.54) is 0 Å². The number of nitrogens with one attached hydrogen (secondary N) is 2. The fraction of sp³-hybridized carbons (Fsp3) is 0.286. The molecule has 1 aromatic heterocycles. The number of aromatic nitrogens is 2. The second-order valence-electron chi connectivity index (χ2n) is 4.19. The summed E-state index contributed by atoms with van der Waals surface area (Å²) in [6.07, 6.45) is 2.88. The van der Waals surface area contributed by atoms with Gasteiger partial charge in [0.2, 0.25) is 5.91 Å². The molecule has 2 aromatic rings. The number of H-pyrrole nitrogens is 1. The fourth-order valence-corrected chi connectivity index (χ4v) is 1.58. The van der Waals surface area contributed by atoms with E-state index >= 15 is 0 Å². The summed E-state index contributed by atoms with van der Waals surface area (Å²) < 4.78 is 5.52. The number of nitrogens with zero attached hydrogens (tertiary/aromatic N) is 1. The Kier molecular flexibility index (Phi) is 4.69. The van der Waals surface area contributed by atoms with E-state index in [-0.39, 0.29) is 5.91 Å². The van der Waals surface area contributed by atoms with Crippen molar-refractivity contribution < 1.29 is 9.53 Å². The molecule has 19 heavy (non-hydrogen) atoms. The van der Waals surface area contributed by atoms with Gasteiger partial charge in [-0.25, -0.2) is 4.98 Å². The summed E-state index contributed by atoms with van der Waals surface area (Å²) in [6.45, 7) is 2.54. The minimum atomic E-state index is -0.491. The molecule has 0 spiro atoms. The van der Waals surface area contributed by atoms with Gasteiger partial charge in [0, 0.05) is 12.4 Å². The van der Waals surface area contributed by atoms with Crippen LogP contribution in [-0.2, 0) is 22.7 Å². The van der Waals surface area contributed by atoms with E-state index in [1.54, 1.807) is 19.3 Å². The molecular weight excluding hydrogens is 242 g/mol. The van der Waals surface area contributed by atoms with Gasteiger partial charge >= 0.3 is 0 Å². The van der Waals surface area contributed by atoms with E-state index in [9.17, 15) is 4.79 Å². The number of hydrogen-bond donors (Lipinski definition) is 2. The Bertz CT molecular complexity index is 497. The Balaban J connectivity index is 1.73. The molecule has 1 heterocycles. The SMILES string of the molecule is CC(OCc1ccccc1)C(=O)NCc1ncc[nH]1. The van der Waals surface area contributed by atoms with Crippen LogP contribution in [0.3, 0.4) is 0 Å². The zero-order chi connectivity index (χ0) is 13.5. The molecule has 5 nitrogen and oxygen atoms in total. The topological polar surface area (TPSA) is 67.0 Å². The lowest BCUT2D eigenvalue weighted by Gasteiger charge is -2.12. The molecule has 1 unspecified atom stereocenters. The minimum absolute atomic E-state index is 0.146. The standard InChI is InChI=1S/C14H17N3O2/c1-11(19-10-12-5-3-2-4-6-12)14(18)17-9-13-15-7-8-16-13/h2-8,11H,9-10H2,1H3,(H,15,16)(H,17,18). The second kappa shape index (κ2) is 6.70. The molecule has 0 bridgehead atoms. The van der Waals surface area contributed by atoms with Gasteiger partial charge in [-0.15, -0.1) is 0 Å². The van der Waals surface area contributed by atoms with Crippen molar-refractivity contribution in [2.24, 2.45) is 0 Å². The Morgan fingerprint density at radius 3 is 2.89 bits per heavy atom. The van der Waals surface area contributed by atoms with E-state index in [0.717, 1.165) is 11.4 Å². The van der Waals surface area contributed by atoms with Crippen LogP contribution in [0.4, 0.5) is 0 Å². The molecular formula is C14H17N3O2. The van der Waals surface area contributed by atoms with Gasteiger partial charge in [-0.2, -0.15) is 0 Å². The van der Waals surface area contributed by atoms with Crippen molar-refractivity contribution >= 4 is 5.91 Å². The van der Waals surface area contributed by atoms with Crippen molar-refractivity contribution in [2.45, 2.75) is 26.2 Å². The Hall–Kier alpha value is -2.14. The van der Waals surface area contributed by atoms with Crippen molar-refractivity contribution in [3.8, 4) is 0 Å². The number of benzene rings is 1. The first-order valence-electron chi connectivity index (χ1n) is 6.17. The summed E-state index contributed by atoms with van der Waals surface area (Å²) in [5.41, 5.74) is 1.05. The first kappa shape index (κ1) is 13.3. The third kappa shape index (κ3) is 4.22. The van der Waals surface area contributed by atoms with Crippen LogP contribution in [-0.4, -0.2) is 22.0 Å². The quantitative estimate of drug-likeness (QED) is 0.828. The summed E-state index contributed by atoms with van der Waals surface area (Å²) in [5, 5.41) is 2.76. The van der Waals surface area contributed by atoms with Gasteiger partial charge in [0.25, 0.3) is 0 Å². The minimum Gasteiger partial charge on any atom is -0.364 e. The molecule has 0 aliphatic heterocycles. The third-order valence-electron chi connectivity index (χ3n) is 2.70. The van der Waals surface area contributed by atoms with E-state index < -0.39 is 6.10 Å². The van der Waals surface area contributed by atoms with E-state index in [2.05, 4.69) is 15.3 Å². The smallest absolute Gasteiger partial charge is 0.249 e. The zero-order valence-corrected chi connectivity index (χ0v) is 10.8. The number of carbonyl (C=O) groups excluding carboxylic acids is 1. The number of hydrogen-bond acceptors (Lipinski definition) is 3. The van der Waals surface area contributed by atoms with Gasteiger partial charge in [0.05, 0.1) is 13.2 Å². The molecule has 100 valence electrons. The zero-order valence-electron chi connectivity index (χ0n) is 10.8. The lowest BCUT2D eigenvalue weighted by Crippen LogP contribution is -2.34. The van der Waals surface area contributed by atoms with Crippen LogP contribution in [0.25, 0.3) is 0 Å². The lowest BCUT2D eigenvalue weighted by atomic mass is 10.2. The number of imidazole rings is 1. The number of aromatic amines is 1. The summed E-state index contributed by atoms with van der Waals surface area (Å²) in [6, 6.07) is 9.77. The monoisotopic (exact) mass is 259 g/mol. The van der Waals surface area contributed by atoms with Gasteiger partial charge < -0.3 is 15.0 Å². The number of carbonyl (C=O) groups is 1. The van der Waals surface area contributed by atoms with Crippen molar-refractivity contribution in [1.29, 1.82) is 0 Å². The molecule has 0 saturated carbocycles. The van der Waals surface area contributed by atoms with Gasteiger partial charge in [-0.1, -0.05) is 30.3 Å². The molecule has 1 atom stereocenters. The third-order valence-corrected chi connectivity index (χ3v) is 2.70. The highest BCUT2D eigenvalue weighted by Gasteiger charge is 2.13. The van der Waals surface area contributed by atoms with Gasteiger partial charge in [0.15, 0.2) is 0 Å². The molecule has 2 N–H and O–H groups in total. The molecule has 1 amide bonds. The van der Waals surface area contributed by atoms with Crippen molar-refractivity contribution in [2.75, 3.05) is 0 Å². The predicted molar refractivity (Wildman–Crippen MR) is 71.1 cm³/mol. The number of rotatable bonds is 6. The molecule has 0 saturated heterocycles. The maximum atomic E-state index is 11.8. The van der Waals surface area contributed by atoms with Crippen LogP contribution >= 0.6 is 0 Å². The number of amides is 1. The van der Waals surface area contributed by atoms with Crippen LogP contribution in [0.15, 0.2) is 42.7 Å². The normalized spacial score (nSPS) is 12.1. The van der Waals surface area contributed by atoms with Crippen LogP contribution in [0.5, 0.6) is 0 Å². The van der Waals surface area contributed by atoms with Crippen LogP contribution in [0.2, 0.25) is 0 Å². The highest BCUT2D eigenvalue weighted by atomic mass is 16.5. The molecule has 0 fully saturated rings. The van der Waals surface area contributed by atoms with Crippen molar-refractivity contribution in [1.82, 2.24) is 15.3 Å². The Morgan fingerprint density at radius 1 is 1.42 bits per heavy atom. The molecule has 0 aliphatic rings. The van der Waals surface area contributed by atoms with Gasteiger partial charge in [-0.3, -0.25) is 4.79 Å². The summed E-state index contributed by atoms with van der Waals surface area (Å²) in [7, 11) is 0. The maximum Gasteiger partial charge on any atom is 0.249 e. The number of ether oxygens (including phenoxy) is 1.